The standard InChI is InChI=1S/C14H20N4/c1-2-18(13-6-3-5-11(13)9-15)14-7-4-8-17-12(14)10-16/h4,7-8,11,13H,2-3,5-6,9,15H2,1H3. The highest BCUT2D eigenvalue weighted by Crippen LogP contribution is 2.33. The van der Waals surface area contributed by atoms with Crippen LogP contribution in [0.1, 0.15) is 31.9 Å². The molecule has 2 atom stereocenters. The molecule has 2 rings (SSSR count). The van der Waals surface area contributed by atoms with E-state index in [1.54, 1.807) is 6.20 Å². The van der Waals surface area contributed by atoms with Crippen molar-refractivity contribution >= 4 is 5.69 Å². The number of hydrogen-bond acceptors (Lipinski definition) is 4. The highest BCUT2D eigenvalue weighted by atomic mass is 15.2. The summed E-state index contributed by atoms with van der Waals surface area (Å²) in [5.41, 5.74) is 7.33. The smallest absolute Gasteiger partial charge is 0.163 e. The van der Waals surface area contributed by atoms with E-state index in [2.05, 4.69) is 22.9 Å². The molecule has 1 fully saturated rings. The average molecular weight is 244 g/mol. The van der Waals surface area contributed by atoms with Gasteiger partial charge in [0.05, 0.1) is 5.69 Å². The Hall–Kier alpha value is -1.60. The fourth-order valence-corrected chi connectivity index (χ4v) is 3.00. The second-order valence-electron chi connectivity index (χ2n) is 4.76. The minimum absolute atomic E-state index is 0.455. The lowest BCUT2D eigenvalue weighted by molar-refractivity contribution is 0.461. The molecule has 1 aliphatic carbocycles. The van der Waals surface area contributed by atoms with Crippen LogP contribution in [-0.4, -0.2) is 24.1 Å². The summed E-state index contributed by atoms with van der Waals surface area (Å²) in [6.45, 7) is 3.74. The Balaban J connectivity index is 2.31. The molecule has 18 heavy (non-hydrogen) atoms. The third-order valence-electron chi connectivity index (χ3n) is 3.86. The maximum absolute atomic E-state index is 9.16. The van der Waals surface area contributed by atoms with E-state index >= 15 is 0 Å². The molecule has 1 saturated carbocycles. The van der Waals surface area contributed by atoms with Crippen LogP contribution in [0, 0.1) is 17.2 Å². The van der Waals surface area contributed by atoms with Crippen LogP contribution in [0.15, 0.2) is 18.3 Å². The fraction of sp³-hybridized carbons (Fsp3) is 0.571. The Kier molecular flexibility index (Phi) is 4.16. The van der Waals surface area contributed by atoms with E-state index in [0.717, 1.165) is 25.2 Å². The summed E-state index contributed by atoms with van der Waals surface area (Å²) in [7, 11) is 0. The van der Waals surface area contributed by atoms with E-state index in [4.69, 9.17) is 11.0 Å². The van der Waals surface area contributed by atoms with Gasteiger partial charge < -0.3 is 10.6 Å². The first-order chi connectivity index (χ1) is 8.81. The molecule has 0 radical (unpaired) electrons. The van der Waals surface area contributed by atoms with Gasteiger partial charge >= 0.3 is 0 Å². The molecule has 1 heterocycles. The number of aromatic nitrogens is 1. The predicted molar refractivity (Wildman–Crippen MR) is 72.2 cm³/mol. The Morgan fingerprint density at radius 3 is 3.06 bits per heavy atom. The minimum atomic E-state index is 0.455. The number of nitrogens with zero attached hydrogens (tertiary/aromatic N) is 3. The lowest BCUT2D eigenvalue weighted by atomic mass is 10.0. The van der Waals surface area contributed by atoms with E-state index in [1.807, 2.05) is 12.1 Å². The molecule has 4 heteroatoms. The van der Waals surface area contributed by atoms with E-state index in [1.165, 1.54) is 12.8 Å². The topological polar surface area (TPSA) is 65.9 Å². The maximum Gasteiger partial charge on any atom is 0.163 e. The van der Waals surface area contributed by atoms with Crippen molar-refractivity contribution in [3.63, 3.8) is 0 Å². The summed E-state index contributed by atoms with van der Waals surface area (Å²) in [4.78, 5) is 6.46. The van der Waals surface area contributed by atoms with Gasteiger partial charge in [0.25, 0.3) is 0 Å². The fourth-order valence-electron chi connectivity index (χ4n) is 3.00. The second-order valence-corrected chi connectivity index (χ2v) is 4.76. The van der Waals surface area contributed by atoms with Gasteiger partial charge in [-0.15, -0.1) is 0 Å². The van der Waals surface area contributed by atoms with Gasteiger partial charge in [0.1, 0.15) is 6.07 Å². The molecule has 0 aromatic carbocycles. The lowest BCUT2D eigenvalue weighted by Gasteiger charge is -2.34. The predicted octanol–water partition coefficient (Wildman–Crippen LogP) is 1.91. The Labute approximate surface area is 108 Å². The molecular formula is C14H20N4. The van der Waals surface area contributed by atoms with Crippen LogP contribution < -0.4 is 10.6 Å². The molecule has 2 N–H and O–H groups in total. The molecule has 0 amide bonds. The van der Waals surface area contributed by atoms with Crippen LogP contribution in [0.25, 0.3) is 0 Å². The summed E-state index contributed by atoms with van der Waals surface area (Å²) in [6, 6.07) is 6.52. The van der Waals surface area contributed by atoms with Crippen molar-refractivity contribution in [3.05, 3.63) is 24.0 Å². The summed E-state index contributed by atoms with van der Waals surface area (Å²) in [6.07, 6.45) is 5.26. The van der Waals surface area contributed by atoms with Crippen molar-refractivity contribution in [1.29, 1.82) is 5.26 Å². The number of nitrogens with two attached hydrogens (primary N) is 1. The first kappa shape index (κ1) is 12.8. The molecule has 96 valence electrons. The monoisotopic (exact) mass is 244 g/mol. The van der Waals surface area contributed by atoms with Crippen molar-refractivity contribution in [3.8, 4) is 6.07 Å². The molecule has 0 saturated heterocycles. The minimum Gasteiger partial charge on any atom is -0.366 e. The van der Waals surface area contributed by atoms with Crippen molar-refractivity contribution in [2.75, 3.05) is 18.0 Å². The molecule has 1 aromatic rings. The van der Waals surface area contributed by atoms with Gasteiger partial charge in [0, 0.05) is 18.8 Å². The molecule has 0 bridgehead atoms. The summed E-state index contributed by atoms with van der Waals surface area (Å²) < 4.78 is 0. The quantitative estimate of drug-likeness (QED) is 0.878. The van der Waals surface area contributed by atoms with Crippen LogP contribution in [0.4, 0.5) is 5.69 Å². The molecular weight excluding hydrogens is 224 g/mol. The normalized spacial score (nSPS) is 22.7. The molecule has 0 aliphatic heterocycles. The zero-order chi connectivity index (χ0) is 13.0. The van der Waals surface area contributed by atoms with Crippen molar-refractivity contribution in [2.24, 2.45) is 11.7 Å². The van der Waals surface area contributed by atoms with E-state index in [0.29, 0.717) is 17.7 Å². The second kappa shape index (κ2) is 5.83. The van der Waals surface area contributed by atoms with Crippen molar-refractivity contribution < 1.29 is 0 Å². The van der Waals surface area contributed by atoms with Crippen LogP contribution in [0.5, 0.6) is 0 Å². The van der Waals surface area contributed by atoms with Gasteiger partial charge in [-0.3, -0.25) is 0 Å². The highest BCUT2D eigenvalue weighted by molar-refractivity contribution is 5.56. The Morgan fingerprint density at radius 2 is 2.39 bits per heavy atom. The van der Waals surface area contributed by atoms with Gasteiger partial charge in [0.15, 0.2) is 5.69 Å². The largest absolute Gasteiger partial charge is 0.366 e. The highest BCUT2D eigenvalue weighted by Gasteiger charge is 2.31. The van der Waals surface area contributed by atoms with Gasteiger partial charge in [-0.2, -0.15) is 5.26 Å². The van der Waals surface area contributed by atoms with Crippen LogP contribution in [0.2, 0.25) is 0 Å². The zero-order valence-corrected chi connectivity index (χ0v) is 10.8. The lowest BCUT2D eigenvalue weighted by Crippen LogP contribution is -2.40. The number of hydrogen-bond donors (Lipinski definition) is 1. The first-order valence-corrected chi connectivity index (χ1v) is 6.63. The summed E-state index contributed by atoms with van der Waals surface area (Å²) >= 11 is 0. The van der Waals surface area contributed by atoms with Crippen LogP contribution in [0.3, 0.4) is 0 Å². The molecule has 0 spiro atoms. The van der Waals surface area contributed by atoms with Crippen molar-refractivity contribution in [2.45, 2.75) is 32.2 Å². The number of anilines is 1. The van der Waals surface area contributed by atoms with Gasteiger partial charge in [-0.1, -0.05) is 6.42 Å². The van der Waals surface area contributed by atoms with Gasteiger partial charge in [-0.25, -0.2) is 4.98 Å². The number of rotatable bonds is 4. The number of nitriles is 1. The summed E-state index contributed by atoms with van der Waals surface area (Å²) in [5, 5.41) is 9.16. The Bertz CT molecular complexity index is 438. The first-order valence-electron chi connectivity index (χ1n) is 6.63. The van der Waals surface area contributed by atoms with Crippen LogP contribution in [-0.2, 0) is 0 Å². The maximum atomic E-state index is 9.16. The molecule has 4 nitrogen and oxygen atoms in total. The van der Waals surface area contributed by atoms with Crippen molar-refractivity contribution in [1.82, 2.24) is 4.98 Å². The SMILES string of the molecule is CCN(c1cccnc1C#N)C1CCCC1CN. The third kappa shape index (κ3) is 2.32. The van der Waals surface area contributed by atoms with Gasteiger partial charge in [-0.05, 0) is 44.4 Å². The van der Waals surface area contributed by atoms with Crippen LogP contribution >= 0.6 is 0 Å². The van der Waals surface area contributed by atoms with Gasteiger partial charge in [0.2, 0.25) is 0 Å². The van der Waals surface area contributed by atoms with E-state index < -0.39 is 0 Å². The zero-order valence-electron chi connectivity index (χ0n) is 10.8. The molecule has 1 aliphatic rings. The van der Waals surface area contributed by atoms with E-state index in [-0.39, 0.29) is 0 Å². The summed E-state index contributed by atoms with van der Waals surface area (Å²) in [5.74, 6) is 0.539. The average Bonchev–Trinajstić information content (AvgIpc) is 2.88. The third-order valence-corrected chi connectivity index (χ3v) is 3.86. The van der Waals surface area contributed by atoms with E-state index in [9.17, 15) is 0 Å². The number of pyridine rings is 1. The molecule has 2 unspecified atom stereocenters. The Morgan fingerprint density at radius 1 is 1.56 bits per heavy atom. The molecule has 1 aromatic heterocycles.